The Labute approximate surface area is 163 Å². The van der Waals surface area contributed by atoms with E-state index in [1.54, 1.807) is 12.1 Å². The number of amides is 1. The molecule has 0 aliphatic carbocycles. The van der Waals surface area contributed by atoms with Gasteiger partial charge in [0, 0.05) is 12.5 Å². The first-order valence-corrected chi connectivity index (χ1v) is 12.8. The van der Waals surface area contributed by atoms with Crippen molar-refractivity contribution in [2.75, 3.05) is 0 Å². The Kier molecular flexibility index (Phi) is 5.80. The van der Waals surface area contributed by atoms with E-state index in [0.717, 1.165) is 24.8 Å². The molecular formula is C21H32FNO3Si. The molecule has 3 atom stereocenters. The molecule has 0 saturated carbocycles. The first-order valence-electron chi connectivity index (χ1n) is 9.99. The van der Waals surface area contributed by atoms with Gasteiger partial charge in [-0.25, -0.2) is 4.39 Å². The highest BCUT2D eigenvalue weighted by molar-refractivity contribution is 6.64. The van der Waals surface area contributed by atoms with Crippen LogP contribution in [0, 0.1) is 5.82 Å². The zero-order chi connectivity index (χ0) is 19.8. The normalized spacial score (nSPS) is 26.8. The summed E-state index contributed by atoms with van der Waals surface area (Å²) in [7, 11) is -2.32. The van der Waals surface area contributed by atoms with Crippen molar-refractivity contribution < 1.29 is 18.0 Å². The summed E-state index contributed by atoms with van der Waals surface area (Å²) in [6, 6.07) is 6.68. The number of rotatable bonds is 4. The van der Waals surface area contributed by atoms with Crippen molar-refractivity contribution in [3.05, 3.63) is 35.6 Å². The molecule has 150 valence electrons. The highest BCUT2D eigenvalue weighted by Gasteiger charge is 2.44. The third kappa shape index (κ3) is 5.18. The second kappa shape index (κ2) is 7.64. The molecule has 2 fully saturated rings. The minimum absolute atomic E-state index is 0.0226. The fourth-order valence-corrected chi connectivity index (χ4v) is 7.17. The molecule has 1 amide bonds. The summed E-state index contributed by atoms with van der Waals surface area (Å²) >= 11 is 0. The summed E-state index contributed by atoms with van der Waals surface area (Å²) in [4.78, 5) is 14.6. The number of benzene rings is 1. The van der Waals surface area contributed by atoms with Crippen LogP contribution in [0.3, 0.4) is 0 Å². The maximum absolute atomic E-state index is 13.8. The number of piperidine rings is 2. The van der Waals surface area contributed by atoms with Crippen molar-refractivity contribution in [3.63, 3.8) is 0 Å². The Bertz CT molecular complexity index is 688. The number of halogens is 1. The zero-order valence-corrected chi connectivity index (χ0v) is 18.1. The molecule has 0 bridgehead atoms. The summed E-state index contributed by atoms with van der Waals surface area (Å²) in [6.07, 6.45) is 4.04. The smallest absolute Gasteiger partial charge is 0.332 e. The SMILES string of the molecule is CC(C)(C)O[Si](C)(C)OC1CC2CCCC(=O)N2C(c2cccc(F)c2)C1. The molecule has 1 aromatic rings. The fourth-order valence-electron chi connectivity index (χ4n) is 4.65. The summed E-state index contributed by atoms with van der Waals surface area (Å²) < 4.78 is 26.6. The van der Waals surface area contributed by atoms with E-state index in [1.165, 1.54) is 6.07 Å². The molecule has 3 unspecified atom stereocenters. The van der Waals surface area contributed by atoms with E-state index in [2.05, 4.69) is 13.1 Å². The van der Waals surface area contributed by atoms with Crippen LogP contribution in [0.2, 0.25) is 13.1 Å². The van der Waals surface area contributed by atoms with Gasteiger partial charge in [-0.2, -0.15) is 0 Å². The zero-order valence-electron chi connectivity index (χ0n) is 17.1. The number of fused-ring (bicyclic) bond motifs is 1. The summed E-state index contributed by atoms with van der Waals surface area (Å²) in [5, 5.41) is 0. The van der Waals surface area contributed by atoms with E-state index in [1.807, 2.05) is 31.7 Å². The van der Waals surface area contributed by atoms with Crippen LogP contribution in [0.25, 0.3) is 0 Å². The number of hydrogen-bond acceptors (Lipinski definition) is 3. The highest BCUT2D eigenvalue weighted by atomic mass is 28.4. The van der Waals surface area contributed by atoms with Gasteiger partial charge in [-0.3, -0.25) is 4.79 Å². The lowest BCUT2D eigenvalue weighted by Crippen LogP contribution is -2.54. The molecular weight excluding hydrogens is 361 g/mol. The summed E-state index contributed by atoms with van der Waals surface area (Å²) in [6.45, 7) is 10.3. The van der Waals surface area contributed by atoms with Crippen molar-refractivity contribution in [2.24, 2.45) is 0 Å². The predicted octanol–water partition coefficient (Wildman–Crippen LogP) is 4.94. The Balaban J connectivity index is 1.83. The Hall–Kier alpha value is -1.24. The number of carbonyl (C=O) groups excluding carboxylic acids is 1. The standard InChI is InChI=1S/C21H32FNO3Si/c1-21(2,3)26-27(4,5)25-18-13-17-10-7-11-20(24)23(17)19(14-18)15-8-6-9-16(22)12-15/h6,8-9,12,17-19H,7,10-11,13-14H2,1-5H3. The first kappa shape index (κ1) is 20.5. The van der Waals surface area contributed by atoms with Crippen LogP contribution in [0.5, 0.6) is 0 Å². The monoisotopic (exact) mass is 393 g/mol. The lowest BCUT2D eigenvalue weighted by molar-refractivity contribution is -0.145. The van der Waals surface area contributed by atoms with Gasteiger partial charge in [0.1, 0.15) is 5.82 Å². The molecule has 6 heteroatoms. The van der Waals surface area contributed by atoms with E-state index >= 15 is 0 Å². The third-order valence-electron chi connectivity index (χ3n) is 5.20. The van der Waals surface area contributed by atoms with Crippen LogP contribution >= 0.6 is 0 Å². The van der Waals surface area contributed by atoms with E-state index < -0.39 is 8.56 Å². The highest BCUT2D eigenvalue weighted by Crippen LogP contribution is 2.41. The van der Waals surface area contributed by atoms with Gasteiger partial charge < -0.3 is 13.8 Å². The molecule has 0 radical (unpaired) electrons. The second-order valence-corrected chi connectivity index (χ2v) is 12.5. The molecule has 2 aliphatic heterocycles. The van der Waals surface area contributed by atoms with Crippen molar-refractivity contribution >= 4 is 14.5 Å². The Morgan fingerprint density at radius 2 is 1.96 bits per heavy atom. The number of hydrogen-bond donors (Lipinski definition) is 0. The van der Waals surface area contributed by atoms with Crippen LogP contribution in [-0.4, -0.2) is 37.1 Å². The summed E-state index contributed by atoms with van der Waals surface area (Å²) in [5.74, 6) is -0.0799. The van der Waals surface area contributed by atoms with Crippen LogP contribution in [0.4, 0.5) is 4.39 Å². The maximum atomic E-state index is 13.8. The Morgan fingerprint density at radius 1 is 1.22 bits per heavy atom. The van der Waals surface area contributed by atoms with Gasteiger partial charge >= 0.3 is 8.56 Å². The molecule has 0 spiro atoms. The quantitative estimate of drug-likeness (QED) is 0.680. The van der Waals surface area contributed by atoms with Crippen molar-refractivity contribution in [1.82, 2.24) is 4.90 Å². The molecule has 4 nitrogen and oxygen atoms in total. The molecule has 3 rings (SSSR count). The van der Waals surface area contributed by atoms with Crippen molar-refractivity contribution in [2.45, 2.75) is 89.8 Å². The van der Waals surface area contributed by atoms with Crippen LogP contribution < -0.4 is 0 Å². The average Bonchev–Trinajstić information content (AvgIpc) is 2.51. The first-order chi connectivity index (χ1) is 12.5. The second-order valence-electron chi connectivity index (χ2n) is 9.24. The molecule has 1 aromatic carbocycles. The van der Waals surface area contributed by atoms with Gasteiger partial charge in [-0.1, -0.05) is 12.1 Å². The maximum Gasteiger partial charge on any atom is 0.332 e. The molecule has 2 saturated heterocycles. The molecule has 2 aliphatic rings. The molecule has 27 heavy (non-hydrogen) atoms. The number of carbonyl (C=O) groups is 1. The average molecular weight is 394 g/mol. The van der Waals surface area contributed by atoms with Gasteiger partial charge in [0.25, 0.3) is 0 Å². The lowest BCUT2D eigenvalue weighted by Gasteiger charge is -2.49. The van der Waals surface area contributed by atoms with Gasteiger partial charge in [-0.15, -0.1) is 0 Å². The minimum Gasteiger partial charge on any atom is -0.391 e. The van der Waals surface area contributed by atoms with E-state index in [9.17, 15) is 9.18 Å². The van der Waals surface area contributed by atoms with Gasteiger partial charge in [-0.05, 0) is 77.2 Å². The lowest BCUT2D eigenvalue weighted by atomic mass is 9.84. The third-order valence-corrected chi connectivity index (χ3v) is 7.21. The molecule has 2 heterocycles. The van der Waals surface area contributed by atoms with Gasteiger partial charge in [0.2, 0.25) is 5.91 Å². The van der Waals surface area contributed by atoms with E-state index in [0.29, 0.717) is 12.8 Å². The van der Waals surface area contributed by atoms with Gasteiger partial charge in [0.15, 0.2) is 0 Å². The summed E-state index contributed by atoms with van der Waals surface area (Å²) in [5.41, 5.74) is 0.610. The Morgan fingerprint density at radius 3 is 2.63 bits per heavy atom. The molecule has 0 aromatic heterocycles. The predicted molar refractivity (Wildman–Crippen MR) is 106 cm³/mol. The van der Waals surface area contributed by atoms with Gasteiger partial charge in [0.05, 0.1) is 17.7 Å². The number of nitrogens with zero attached hydrogens (tertiary/aromatic N) is 1. The van der Waals surface area contributed by atoms with Crippen molar-refractivity contribution in [1.29, 1.82) is 0 Å². The van der Waals surface area contributed by atoms with E-state index in [-0.39, 0.29) is 35.5 Å². The van der Waals surface area contributed by atoms with Crippen LogP contribution in [0.1, 0.15) is 64.5 Å². The van der Waals surface area contributed by atoms with Crippen LogP contribution in [0.15, 0.2) is 24.3 Å². The topological polar surface area (TPSA) is 38.8 Å². The largest absolute Gasteiger partial charge is 0.391 e. The van der Waals surface area contributed by atoms with Crippen molar-refractivity contribution in [3.8, 4) is 0 Å². The minimum atomic E-state index is -2.32. The fraction of sp³-hybridized carbons (Fsp3) is 0.667. The van der Waals surface area contributed by atoms with E-state index in [4.69, 9.17) is 8.85 Å². The molecule has 0 N–H and O–H groups in total. The van der Waals surface area contributed by atoms with Crippen LogP contribution in [-0.2, 0) is 13.6 Å².